The van der Waals surface area contributed by atoms with Gasteiger partial charge in [0, 0.05) is 17.7 Å². The summed E-state index contributed by atoms with van der Waals surface area (Å²) in [6.45, 7) is 0. The number of nitrogens with two attached hydrogens (primary N) is 1. The minimum atomic E-state index is -4.12. The Kier molecular flexibility index (Phi) is 4.32. The van der Waals surface area contributed by atoms with Gasteiger partial charge < -0.3 is 10.8 Å². The molecule has 3 aromatic rings. The van der Waals surface area contributed by atoms with Gasteiger partial charge in [-0.3, -0.25) is 0 Å². The van der Waals surface area contributed by atoms with Crippen LogP contribution >= 0.6 is 0 Å². The van der Waals surface area contributed by atoms with E-state index < -0.39 is 12.6 Å². The molecule has 0 aliphatic heterocycles. The standard InChI is InChI=1S/C18H20F3N5O/c19-18(20,21)8-7-10-3-1-4-11(9-10)15-24-16-12-5-2-6-13(27)14(12)23-17(22)26(16)25-15/h2,5-6,10-11,27H,1,3-4,7-9H2,(H2,22,23)/t10-,11-/m0/s1. The average molecular weight is 379 g/mol. The van der Waals surface area contributed by atoms with Crippen LogP contribution in [0.3, 0.4) is 0 Å². The first-order valence-corrected chi connectivity index (χ1v) is 9.02. The third-order valence-electron chi connectivity index (χ3n) is 5.31. The molecule has 1 fully saturated rings. The van der Waals surface area contributed by atoms with Gasteiger partial charge in [0.15, 0.2) is 11.5 Å². The predicted octanol–water partition coefficient (Wildman–Crippen LogP) is 4.18. The van der Waals surface area contributed by atoms with E-state index in [-0.39, 0.29) is 30.0 Å². The van der Waals surface area contributed by atoms with E-state index in [0.29, 0.717) is 28.8 Å². The summed E-state index contributed by atoms with van der Waals surface area (Å²) in [5.41, 5.74) is 6.83. The summed E-state index contributed by atoms with van der Waals surface area (Å²) in [6.07, 6.45) is -1.56. The normalized spacial score (nSPS) is 21.1. The SMILES string of the molecule is Nc1nc2c(O)cccc2c2nc([C@H]3CCC[C@@H](CCC(F)(F)F)C3)nn12. The van der Waals surface area contributed by atoms with Crippen molar-refractivity contribution in [1.29, 1.82) is 0 Å². The topological polar surface area (TPSA) is 89.3 Å². The van der Waals surface area contributed by atoms with Gasteiger partial charge in [-0.2, -0.15) is 17.7 Å². The van der Waals surface area contributed by atoms with Gasteiger partial charge in [0.1, 0.15) is 11.3 Å². The number of benzene rings is 1. The molecule has 2 aromatic heterocycles. The Morgan fingerprint density at radius 2 is 2.04 bits per heavy atom. The number of aromatic nitrogens is 4. The second-order valence-electron chi connectivity index (χ2n) is 7.23. The number of anilines is 1. The molecule has 0 saturated heterocycles. The smallest absolute Gasteiger partial charge is 0.389 e. The molecule has 1 aliphatic rings. The van der Waals surface area contributed by atoms with Gasteiger partial charge >= 0.3 is 6.18 Å². The van der Waals surface area contributed by atoms with Gasteiger partial charge in [-0.05, 0) is 37.3 Å². The summed E-state index contributed by atoms with van der Waals surface area (Å²) in [5.74, 6) is 0.728. The van der Waals surface area contributed by atoms with Crippen LogP contribution in [-0.4, -0.2) is 30.9 Å². The van der Waals surface area contributed by atoms with Crippen molar-refractivity contribution in [2.24, 2.45) is 5.92 Å². The Balaban J connectivity index is 1.65. The predicted molar refractivity (Wildman–Crippen MR) is 94.4 cm³/mol. The highest BCUT2D eigenvalue weighted by atomic mass is 19.4. The molecule has 0 bridgehead atoms. The second-order valence-corrected chi connectivity index (χ2v) is 7.23. The molecule has 4 rings (SSSR count). The number of nitrogens with zero attached hydrogens (tertiary/aromatic N) is 4. The van der Waals surface area contributed by atoms with E-state index in [4.69, 9.17) is 5.73 Å². The molecule has 1 aromatic carbocycles. The number of hydrogen-bond acceptors (Lipinski definition) is 5. The van der Waals surface area contributed by atoms with Gasteiger partial charge in [0.2, 0.25) is 5.95 Å². The summed E-state index contributed by atoms with van der Waals surface area (Å²) in [4.78, 5) is 8.80. The van der Waals surface area contributed by atoms with Gasteiger partial charge in [-0.15, -0.1) is 5.10 Å². The van der Waals surface area contributed by atoms with Crippen LogP contribution < -0.4 is 5.73 Å². The van der Waals surface area contributed by atoms with Gasteiger partial charge in [-0.25, -0.2) is 9.97 Å². The number of rotatable bonds is 3. The first-order valence-electron chi connectivity index (χ1n) is 9.02. The van der Waals surface area contributed by atoms with E-state index in [1.807, 2.05) is 0 Å². The van der Waals surface area contributed by atoms with Crippen LogP contribution in [0.5, 0.6) is 5.75 Å². The van der Waals surface area contributed by atoms with E-state index in [2.05, 4.69) is 15.1 Å². The van der Waals surface area contributed by atoms with Crippen molar-refractivity contribution >= 4 is 22.5 Å². The Hall–Kier alpha value is -2.58. The summed E-state index contributed by atoms with van der Waals surface area (Å²) in [7, 11) is 0. The number of nitrogen functional groups attached to an aromatic ring is 1. The highest BCUT2D eigenvalue weighted by Crippen LogP contribution is 2.39. The number of fused-ring (bicyclic) bond motifs is 3. The minimum absolute atomic E-state index is 0.00337. The summed E-state index contributed by atoms with van der Waals surface area (Å²) >= 11 is 0. The van der Waals surface area contributed by atoms with Crippen LogP contribution in [0.25, 0.3) is 16.6 Å². The fourth-order valence-corrected chi connectivity index (χ4v) is 3.98. The zero-order valence-corrected chi connectivity index (χ0v) is 14.6. The maximum Gasteiger partial charge on any atom is 0.389 e. The van der Waals surface area contributed by atoms with Crippen LogP contribution in [0.4, 0.5) is 19.1 Å². The third kappa shape index (κ3) is 3.50. The lowest BCUT2D eigenvalue weighted by Crippen LogP contribution is -2.18. The quantitative estimate of drug-likeness (QED) is 0.713. The van der Waals surface area contributed by atoms with Crippen molar-refractivity contribution in [2.45, 2.75) is 50.6 Å². The molecule has 27 heavy (non-hydrogen) atoms. The van der Waals surface area contributed by atoms with Crippen molar-refractivity contribution in [3.63, 3.8) is 0 Å². The van der Waals surface area contributed by atoms with Gasteiger partial charge in [0.05, 0.1) is 0 Å². The fourth-order valence-electron chi connectivity index (χ4n) is 3.98. The second kappa shape index (κ2) is 6.54. The van der Waals surface area contributed by atoms with Crippen LogP contribution in [0, 0.1) is 5.92 Å². The number of phenols is 1. The van der Waals surface area contributed by atoms with Crippen molar-refractivity contribution < 1.29 is 18.3 Å². The summed E-state index contributed by atoms with van der Waals surface area (Å²) in [6, 6.07) is 4.99. The van der Waals surface area contributed by atoms with Crippen LogP contribution in [0.1, 0.15) is 50.3 Å². The zero-order chi connectivity index (χ0) is 19.2. The van der Waals surface area contributed by atoms with E-state index >= 15 is 0 Å². The van der Waals surface area contributed by atoms with E-state index in [1.165, 1.54) is 10.6 Å². The van der Waals surface area contributed by atoms with E-state index in [0.717, 1.165) is 19.3 Å². The van der Waals surface area contributed by atoms with Crippen molar-refractivity contribution in [2.75, 3.05) is 5.73 Å². The maximum atomic E-state index is 12.5. The number of halogens is 3. The number of aromatic hydroxyl groups is 1. The molecule has 9 heteroatoms. The highest BCUT2D eigenvalue weighted by molar-refractivity contribution is 5.95. The molecule has 1 saturated carbocycles. The summed E-state index contributed by atoms with van der Waals surface area (Å²) in [5, 5.41) is 15.1. The molecule has 0 radical (unpaired) electrons. The number of alkyl halides is 3. The van der Waals surface area contributed by atoms with Crippen LogP contribution in [-0.2, 0) is 0 Å². The fraction of sp³-hybridized carbons (Fsp3) is 0.500. The molecular formula is C18H20F3N5O. The molecule has 3 N–H and O–H groups in total. The summed E-state index contributed by atoms with van der Waals surface area (Å²) < 4.78 is 39.0. The number of hydrogen-bond donors (Lipinski definition) is 2. The van der Waals surface area contributed by atoms with E-state index in [1.54, 1.807) is 12.1 Å². The minimum Gasteiger partial charge on any atom is -0.506 e. The van der Waals surface area contributed by atoms with Gasteiger partial charge in [0.25, 0.3) is 0 Å². The number of para-hydroxylation sites is 1. The van der Waals surface area contributed by atoms with Crippen molar-refractivity contribution in [1.82, 2.24) is 19.6 Å². The molecule has 2 atom stereocenters. The average Bonchev–Trinajstić information content (AvgIpc) is 3.07. The van der Waals surface area contributed by atoms with Crippen molar-refractivity contribution in [3.8, 4) is 5.75 Å². The lowest BCUT2D eigenvalue weighted by molar-refractivity contribution is -0.138. The lowest BCUT2D eigenvalue weighted by atomic mass is 9.79. The van der Waals surface area contributed by atoms with E-state index in [9.17, 15) is 18.3 Å². The van der Waals surface area contributed by atoms with Gasteiger partial charge in [-0.1, -0.05) is 18.9 Å². The Bertz CT molecular complexity index is 984. The monoisotopic (exact) mass is 379 g/mol. The largest absolute Gasteiger partial charge is 0.506 e. The molecule has 1 aliphatic carbocycles. The Morgan fingerprint density at radius 1 is 1.22 bits per heavy atom. The molecule has 2 heterocycles. The van der Waals surface area contributed by atoms with Crippen LogP contribution in [0.15, 0.2) is 18.2 Å². The first kappa shape index (κ1) is 17.8. The number of phenolic OH excluding ortho intramolecular Hbond substituents is 1. The maximum absolute atomic E-state index is 12.5. The Labute approximate surface area is 153 Å². The molecule has 6 nitrogen and oxygen atoms in total. The zero-order valence-electron chi connectivity index (χ0n) is 14.6. The lowest BCUT2D eigenvalue weighted by Gasteiger charge is -2.27. The van der Waals surface area contributed by atoms with Crippen LogP contribution in [0.2, 0.25) is 0 Å². The molecule has 0 spiro atoms. The van der Waals surface area contributed by atoms with Crippen molar-refractivity contribution in [3.05, 3.63) is 24.0 Å². The molecular weight excluding hydrogens is 359 g/mol. The molecule has 0 unspecified atom stereocenters. The third-order valence-corrected chi connectivity index (χ3v) is 5.31. The highest BCUT2D eigenvalue weighted by Gasteiger charge is 2.32. The molecule has 144 valence electrons. The molecule has 0 amide bonds. The first-order chi connectivity index (χ1) is 12.8. The Morgan fingerprint density at radius 3 is 2.81 bits per heavy atom.